The van der Waals surface area contributed by atoms with Gasteiger partial charge in [0.1, 0.15) is 17.3 Å². The average molecular weight is 700 g/mol. The molecule has 12 nitrogen and oxygen atoms in total. The van der Waals surface area contributed by atoms with Crippen LogP contribution in [0, 0.1) is 5.92 Å². The molecule has 1 unspecified atom stereocenters. The number of pyridine rings is 1. The van der Waals surface area contributed by atoms with Crippen LogP contribution in [0.3, 0.4) is 0 Å². The Balaban J connectivity index is 1.46. The Kier molecular flexibility index (Phi) is 11.8. The standard InChI is InChI=1S/C34H36Cl2N4O8/c1-18(2)30(39-31(43)23-14-13-19-9-6-7-12-22(19)37-23)25-15-27(48-40-25)32(44)38-24(16-28(42)47-34(3,4)5)26(41)17-46-33(45)29-20(35)10-8-11-21(29)36/h6-15,18,24,27,30,40H,16-17H2,1-5H3,(H,38,44)(H,39,43)/t24-,27?,30-/m0/s1. The van der Waals surface area contributed by atoms with Crippen LogP contribution in [0.2, 0.25) is 10.0 Å². The van der Waals surface area contributed by atoms with Gasteiger partial charge in [0.05, 0.1) is 39.3 Å². The SMILES string of the molecule is CC(C)[C@H](NC(=O)c1ccc2ccccc2n1)C1=CC(C(=O)N[C@@H](CC(=O)OC(C)(C)C)C(=O)COC(=O)c2c(Cl)cccc2Cl)ON1. The molecule has 0 aliphatic carbocycles. The molecule has 3 aromatic rings. The molecule has 3 N–H and O–H groups in total. The zero-order valence-electron chi connectivity index (χ0n) is 27.0. The lowest BCUT2D eigenvalue weighted by Gasteiger charge is -2.23. The van der Waals surface area contributed by atoms with Gasteiger partial charge in [0, 0.05) is 5.39 Å². The van der Waals surface area contributed by atoms with E-state index in [1.165, 1.54) is 24.3 Å². The van der Waals surface area contributed by atoms with Crippen LogP contribution < -0.4 is 16.1 Å². The first-order chi connectivity index (χ1) is 22.6. The zero-order chi connectivity index (χ0) is 35.2. The van der Waals surface area contributed by atoms with Gasteiger partial charge < -0.3 is 20.1 Å². The molecule has 2 heterocycles. The molecular weight excluding hydrogens is 663 g/mol. The van der Waals surface area contributed by atoms with Gasteiger partial charge in [-0.15, -0.1) is 0 Å². The highest BCUT2D eigenvalue weighted by Crippen LogP contribution is 2.25. The minimum Gasteiger partial charge on any atom is -0.460 e. The van der Waals surface area contributed by atoms with E-state index in [0.717, 1.165) is 5.39 Å². The quantitative estimate of drug-likeness (QED) is 0.226. The van der Waals surface area contributed by atoms with E-state index in [2.05, 4.69) is 21.1 Å². The number of amides is 2. The van der Waals surface area contributed by atoms with Crippen LogP contribution in [0.25, 0.3) is 10.9 Å². The van der Waals surface area contributed by atoms with Gasteiger partial charge in [0.25, 0.3) is 11.8 Å². The number of nitrogens with zero attached hydrogens (tertiary/aromatic N) is 1. The summed E-state index contributed by atoms with van der Waals surface area (Å²) in [5.74, 6) is -3.86. The van der Waals surface area contributed by atoms with Crippen molar-refractivity contribution in [2.24, 2.45) is 5.92 Å². The normalized spacial score (nSPS) is 15.6. The second kappa shape index (κ2) is 15.6. The summed E-state index contributed by atoms with van der Waals surface area (Å²) in [6.07, 6.45) is -0.329. The van der Waals surface area contributed by atoms with E-state index in [9.17, 15) is 24.0 Å². The molecule has 254 valence electrons. The first-order valence-electron chi connectivity index (χ1n) is 15.1. The Labute approximate surface area is 287 Å². The molecule has 0 bridgehead atoms. The predicted octanol–water partition coefficient (Wildman–Crippen LogP) is 4.73. The molecule has 14 heteroatoms. The zero-order valence-corrected chi connectivity index (χ0v) is 28.5. The minimum absolute atomic E-state index is 0.0245. The van der Waals surface area contributed by atoms with Crippen molar-refractivity contribution >= 4 is 63.6 Å². The highest BCUT2D eigenvalue weighted by molar-refractivity contribution is 6.39. The van der Waals surface area contributed by atoms with Crippen molar-refractivity contribution in [3.63, 3.8) is 0 Å². The summed E-state index contributed by atoms with van der Waals surface area (Å²) in [4.78, 5) is 74.9. The van der Waals surface area contributed by atoms with Crippen molar-refractivity contribution in [2.75, 3.05) is 6.61 Å². The average Bonchev–Trinajstić information content (AvgIpc) is 3.51. The van der Waals surface area contributed by atoms with Crippen molar-refractivity contribution in [1.82, 2.24) is 21.1 Å². The van der Waals surface area contributed by atoms with Gasteiger partial charge in [-0.3, -0.25) is 29.5 Å². The molecule has 3 atom stereocenters. The highest BCUT2D eigenvalue weighted by atomic mass is 35.5. The third-order valence-corrected chi connectivity index (χ3v) is 7.65. The Bertz CT molecular complexity index is 1730. The second-order valence-electron chi connectivity index (χ2n) is 12.3. The summed E-state index contributed by atoms with van der Waals surface area (Å²) in [7, 11) is 0. The van der Waals surface area contributed by atoms with Crippen LogP contribution in [-0.4, -0.2) is 64.9 Å². The van der Waals surface area contributed by atoms with Gasteiger partial charge in [0.15, 0.2) is 18.5 Å². The lowest BCUT2D eigenvalue weighted by Crippen LogP contribution is -2.48. The van der Waals surface area contributed by atoms with E-state index in [4.69, 9.17) is 37.5 Å². The molecule has 0 saturated carbocycles. The van der Waals surface area contributed by atoms with E-state index in [-0.39, 0.29) is 27.2 Å². The van der Waals surface area contributed by atoms with Crippen LogP contribution in [-0.2, 0) is 28.7 Å². The lowest BCUT2D eigenvalue weighted by molar-refractivity contribution is -0.156. The van der Waals surface area contributed by atoms with Gasteiger partial charge in [0.2, 0.25) is 0 Å². The minimum atomic E-state index is -1.44. The van der Waals surface area contributed by atoms with E-state index in [1.54, 1.807) is 32.9 Å². The number of carbonyl (C=O) groups excluding carboxylic acids is 5. The number of benzene rings is 2. The van der Waals surface area contributed by atoms with Crippen LogP contribution in [0.15, 0.2) is 66.4 Å². The summed E-state index contributed by atoms with van der Waals surface area (Å²) in [6, 6.07) is 13.2. The van der Waals surface area contributed by atoms with Crippen molar-refractivity contribution in [2.45, 2.75) is 64.8 Å². The molecule has 0 spiro atoms. The molecule has 48 heavy (non-hydrogen) atoms. The van der Waals surface area contributed by atoms with Gasteiger partial charge in [-0.1, -0.05) is 67.4 Å². The Hall–Kier alpha value is -4.52. The molecule has 4 rings (SSSR count). The number of nitrogens with one attached hydrogen (secondary N) is 3. The Morgan fingerprint density at radius 1 is 0.958 bits per heavy atom. The number of esters is 2. The molecule has 0 fully saturated rings. The summed E-state index contributed by atoms with van der Waals surface area (Å²) < 4.78 is 10.5. The summed E-state index contributed by atoms with van der Waals surface area (Å²) >= 11 is 12.1. The van der Waals surface area contributed by atoms with Crippen LogP contribution in [0.5, 0.6) is 0 Å². The topological polar surface area (TPSA) is 162 Å². The first kappa shape index (κ1) is 36.3. The van der Waals surface area contributed by atoms with Crippen molar-refractivity contribution in [3.8, 4) is 0 Å². The number of Topliss-reactive ketones (excluding diaryl/α,β-unsaturated/α-hetero) is 1. The molecular formula is C34H36Cl2N4O8. The monoisotopic (exact) mass is 698 g/mol. The van der Waals surface area contributed by atoms with Crippen molar-refractivity contribution in [1.29, 1.82) is 0 Å². The number of carbonyl (C=O) groups is 5. The first-order valence-corrected chi connectivity index (χ1v) is 15.8. The molecule has 1 aliphatic rings. The maximum atomic E-state index is 13.3. The fourth-order valence-electron chi connectivity index (χ4n) is 4.72. The molecule has 2 aromatic carbocycles. The van der Waals surface area contributed by atoms with Crippen molar-refractivity contribution in [3.05, 3.63) is 87.7 Å². The lowest BCUT2D eigenvalue weighted by atomic mass is 9.99. The molecule has 1 aromatic heterocycles. The smallest absolute Gasteiger partial charge is 0.341 e. The van der Waals surface area contributed by atoms with Gasteiger partial charge in [-0.05, 0) is 57.0 Å². The Morgan fingerprint density at radius 3 is 2.31 bits per heavy atom. The van der Waals surface area contributed by atoms with Crippen LogP contribution in [0.1, 0.15) is 61.9 Å². The number of ether oxygens (including phenoxy) is 2. The van der Waals surface area contributed by atoms with Crippen LogP contribution in [0.4, 0.5) is 0 Å². The van der Waals surface area contributed by atoms with Crippen LogP contribution >= 0.6 is 23.2 Å². The fraction of sp³-hybridized carbons (Fsp3) is 0.353. The number of fused-ring (bicyclic) bond motifs is 1. The van der Waals surface area contributed by atoms with E-state index in [0.29, 0.717) is 11.2 Å². The second-order valence-corrected chi connectivity index (χ2v) is 13.2. The molecule has 0 radical (unpaired) electrons. The number of para-hydroxylation sites is 1. The summed E-state index contributed by atoms with van der Waals surface area (Å²) in [5.41, 5.74) is 2.99. The van der Waals surface area contributed by atoms with Gasteiger partial charge in [-0.25, -0.2) is 9.78 Å². The maximum Gasteiger partial charge on any atom is 0.341 e. The number of hydrogen-bond donors (Lipinski definition) is 3. The largest absolute Gasteiger partial charge is 0.460 e. The van der Waals surface area contributed by atoms with E-state index < -0.39 is 66.4 Å². The summed E-state index contributed by atoms with van der Waals surface area (Å²) in [5, 5.41) is 6.36. The predicted molar refractivity (Wildman–Crippen MR) is 178 cm³/mol. The Morgan fingerprint density at radius 2 is 1.65 bits per heavy atom. The van der Waals surface area contributed by atoms with Gasteiger partial charge >= 0.3 is 11.9 Å². The number of ketones is 1. The van der Waals surface area contributed by atoms with E-state index >= 15 is 0 Å². The third-order valence-electron chi connectivity index (χ3n) is 7.02. The molecule has 2 amide bonds. The third kappa shape index (κ3) is 9.52. The number of halogens is 2. The number of hydroxylamine groups is 1. The number of aromatic nitrogens is 1. The van der Waals surface area contributed by atoms with Gasteiger partial charge in [-0.2, -0.15) is 0 Å². The summed E-state index contributed by atoms with van der Waals surface area (Å²) in [6.45, 7) is 7.91. The molecule has 0 saturated heterocycles. The number of hydrogen-bond acceptors (Lipinski definition) is 10. The maximum absolute atomic E-state index is 13.3. The van der Waals surface area contributed by atoms with Crippen molar-refractivity contribution < 1.29 is 38.3 Å². The number of rotatable bonds is 12. The van der Waals surface area contributed by atoms with E-state index in [1.807, 2.05) is 38.1 Å². The fourth-order valence-corrected chi connectivity index (χ4v) is 5.27. The molecule has 1 aliphatic heterocycles. The highest BCUT2D eigenvalue weighted by Gasteiger charge is 2.34.